The van der Waals surface area contributed by atoms with Crippen molar-refractivity contribution in [2.45, 2.75) is 45.8 Å². The van der Waals surface area contributed by atoms with E-state index < -0.39 is 0 Å². The zero-order valence-electron chi connectivity index (χ0n) is 18.7. The van der Waals surface area contributed by atoms with E-state index in [0.29, 0.717) is 21.1 Å². The first-order valence-electron chi connectivity index (χ1n) is 10.3. The van der Waals surface area contributed by atoms with Gasteiger partial charge in [-0.2, -0.15) is 0 Å². The van der Waals surface area contributed by atoms with Crippen LogP contribution in [0.15, 0.2) is 51.0 Å². The standard InChI is InChI=1S/C24H25N3O3S2/c1-13-8-6-9-18(14(13)2)27-23(29)21-15(3)17(5)32-22(21)26-24(27)31-12-20(28)25-16(4)19-10-7-11-30-19/h6-11,16H,12H2,1-5H3,(H,25,28). The lowest BCUT2D eigenvalue weighted by Crippen LogP contribution is -2.29. The molecule has 1 unspecified atom stereocenters. The van der Waals surface area contributed by atoms with Gasteiger partial charge in [-0.3, -0.25) is 14.2 Å². The fraction of sp³-hybridized carbons (Fsp3) is 0.292. The molecule has 3 aromatic heterocycles. The molecule has 0 saturated heterocycles. The average Bonchev–Trinajstić information content (AvgIpc) is 3.38. The van der Waals surface area contributed by atoms with Gasteiger partial charge in [0.1, 0.15) is 10.6 Å². The third kappa shape index (κ3) is 4.12. The highest BCUT2D eigenvalue weighted by Crippen LogP contribution is 2.30. The molecule has 0 saturated carbocycles. The van der Waals surface area contributed by atoms with Crippen molar-refractivity contribution < 1.29 is 9.21 Å². The van der Waals surface area contributed by atoms with Crippen LogP contribution in [0.1, 0.15) is 40.3 Å². The number of hydrogen-bond donors (Lipinski definition) is 1. The van der Waals surface area contributed by atoms with E-state index in [-0.39, 0.29) is 23.3 Å². The van der Waals surface area contributed by atoms with Gasteiger partial charge in [-0.05, 0) is 69.5 Å². The number of carbonyl (C=O) groups excluding carboxylic acids is 1. The number of nitrogens with zero attached hydrogens (tertiary/aromatic N) is 2. The molecular weight excluding hydrogens is 442 g/mol. The number of hydrogen-bond acceptors (Lipinski definition) is 6. The maximum absolute atomic E-state index is 13.6. The summed E-state index contributed by atoms with van der Waals surface area (Å²) in [7, 11) is 0. The number of rotatable bonds is 6. The minimum Gasteiger partial charge on any atom is -0.467 e. The molecule has 0 aliphatic heterocycles. The van der Waals surface area contributed by atoms with Gasteiger partial charge in [0.05, 0.1) is 29.1 Å². The summed E-state index contributed by atoms with van der Waals surface area (Å²) < 4.78 is 7.01. The van der Waals surface area contributed by atoms with E-state index in [1.165, 1.54) is 23.1 Å². The zero-order valence-corrected chi connectivity index (χ0v) is 20.3. The molecular formula is C24H25N3O3S2. The predicted octanol–water partition coefficient (Wildman–Crippen LogP) is 5.24. The summed E-state index contributed by atoms with van der Waals surface area (Å²) in [6.07, 6.45) is 1.58. The summed E-state index contributed by atoms with van der Waals surface area (Å²) >= 11 is 2.77. The van der Waals surface area contributed by atoms with Crippen LogP contribution in [0, 0.1) is 27.7 Å². The Kier molecular flexibility index (Phi) is 6.26. The van der Waals surface area contributed by atoms with Gasteiger partial charge in [0.25, 0.3) is 5.56 Å². The van der Waals surface area contributed by atoms with E-state index in [0.717, 1.165) is 27.3 Å². The molecule has 0 radical (unpaired) electrons. The summed E-state index contributed by atoms with van der Waals surface area (Å²) in [4.78, 5) is 32.8. The number of aromatic nitrogens is 2. The summed E-state index contributed by atoms with van der Waals surface area (Å²) in [5, 5.41) is 4.09. The van der Waals surface area contributed by atoms with Crippen molar-refractivity contribution in [1.29, 1.82) is 0 Å². The van der Waals surface area contributed by atoms with Crippen LogP contribution in [0.4, 0.5) is 0 Å². The molecule has 1 aromatic carbocycles. The molecule has 4 aromatic rings. The highest BCUT2D eigenvalue weighted by Gasteiger charge is 2.20. The van der Waals surface area contributed by atoms with Crippen LogP contribution in [0.5, 0.6) is 0 Å². The first-order chi connectivity index (χ1) is 15.3. The van der Waals surface area contributed by atoms with E-state index in [2.05, 4.69) is 5.32 Å². The fourth-order valence-corrected chi connectivity index (χ4v) is 5.47. The minimum absolute atomic E-state index is 0.0996. The Balaban J connectivity index is 1.72. The number of benzene rings is 1. The number of thiophene rings is 1. The number of amides is 1. The molecule has 4 rings (SSSR count). The summed E-state index contributed by atoms with van der Waals surface area (Å²) in [6.45, 7) is 9.85. The lowest BCUT2D eigenvalue weighted by molar-refractivity contribution is -0.119. The van der Waals surface area contributed by atoms with Crippen LogP contribution in [0.3, 0.4) is 0 Å². The van der Waals surface area contributed by atoms with Gasteiger partial charge in [0.2, 0.25) is 5.91 Å². The molecule has 1 atom stereocenters. The minimum atomic E-state index is -0.239. The molecule has 8 heteroatoms. The van der Waals surface area contributed by atoms with Crippen molar-refractivity contribution in [3.63, 3.8) is 0 Å². The van der Waals surface area contributed by atoms with E-state index in [4.69, 9.17) is 9.40 Å². The number of aryl methyl sites for hydroxylation is 3. The van der Waals surface area contributed by atoms with Gasteiger partial charge in [-0.25, -0.2) is 4.98 Å². The van der Waals surface area contributed by atoms with Gasteiger partial charge in [0.15, 0.2) is 5.16 Å². The van der Waals surface area contributed by atoms with Gasteiger partial charge in [0, 0.05) is 4.88 Å². The lowest BCUT2D eigenvalue weighted by atomic mass is 10.1. The quantitative estimate of drug-likeness (QED) is 0.310. The van der Waals surface area contributed by atoms with Crippen LogP contribution >= 0.6 is 23.1 Å². The molecule has 0 fully saturated rings. The average molecular weight is 468 g/mol. The van der Waals surface area contributed by atoms with E-state index in [9.17, 15) is 9.59 Å². The zero-order chi connectivity index (χ0) is 23.0. The number of carbonyl (C=O) groups is 1. The number of nitrogens with one attached hydrogen (secondary N) is 1. The normalized spacial score (nSPS) is 12.3. The van der Waals surface area contributed by atoms with Crippen LogP contribution in [0.25, 0.3) is 15.9 Å². The van der Waals surface area contributed by atoms with Crippen LogP contribution in [0.2, 0.25) is 0 Å². The van der Waals surface area contributed by atoms with Crippen LogP contribution < -0.4 is 10.9 Å². The number of fused-ring (bicyclic) bond motifs is 1. The smallest absolute Gasteiger partial charge is 0.267 e. The van der Waals surface area contributed by atoms with Gasteiger partial charge in [-0.1, -0.05) is 23.9 Å². The van der Waals surface area contributed by atoms with E-state index in [1.807, 2.05) is 58.9 Å². The Labute approximate surface area is 194 Å². The SMILES string of the molecule is Cc1cccc(-n2c(SCC(=O)NC(C)c3ccco3)nc3sc(C)c(C)c3c2=O)c1C. The van der Waals surface area contributed by atoms with Crippen molar-refractivity contribution in [2.24, 2.45) is 0 Å². The van der Waals surface area contributed by atoms with E-state index in [1.54, 1.807) is 16.9 Å². The molecule has 3 heterocycles. The Morgan fingerprint density at radius 1 is 1.19 bits per heavy atom. The van der Waals surface area contributed by atoms with Crippen LogP contribution in [-0.2, 0) is 4.79 Å². The molecule has 0 spiro atoms. The fourth-order valence-electron chi connectivity index (χ4n) is 3.58. The second-order valence-electron chi connectivity index (χ2n) is 7.81. The topological polar surface area (TPSA) is 77.1 Å². The maximum Gasteiger partial charge on any atom is 0.267 e. The summed E-state index contributed by atoms with van der Waals surface area (Å²) in [5.74, 6) is 0.677. The number of furan rings is 1. The highest BCUT2D eigenvalue weighted by molar-refractivity contribution is 7.99. The van der Waals surface area contributed by atoms with Crippen molar-refractivity contribution in [3.05, 3.63) is 74.3 Å². The molecule has 32 heavy (non-hydrogen) atoms. The second kappa shape index (κ2) is 8.96. The summed E-state index contributed by atoms with van der Waals surface area (Å²) in [5.41, 5.74) is 3.76. The third-order valence-corrected chi connectivity index (χ3v) is 7.71. The molecule has 1 amide bonds. The van der Waals surface area contributed by atoms with Crippen molar-refractivity contribution in [2.75, 3.05) is 5.75 Å². The number of thioether (sulfide) groups is 1. The molecule has 1 N–H and O–H groups in total. The largest absolute Gasteiger partial charge is 0.467 e. The Morgan fingerprint density at radius 2 is 1.97 bits per heavy atom. The molecule has 0 bridgehead atoms. The molecule has 166 valence electrons. The van der Waals surface area contributed by atoms with Gasteiger partial charge >= 0.3 is 0 Å². The van der Waals surface area contributed by atoms with Crippen molar-refractivity contribution >= 4 is 39.2 Å². The van der Waals surface area contributed by atoms with E-state index >= 15 is 0 Å². The third-order valence-electron chi connectivity index (χ3n) is 5.67. The van der Waals surface area contributed by atoms with Gasteiger partial charge < -0.3 is 9.73 Å². The highest BCUT2D eigenvalue weighted by atomic mass is 32.2. The maximum atomic E-state index is 13.6. The predicted molar refractivity (Wildman–Crippen MR) is 130 cm³/mol. The summed E-state index contributed by atoms with van der Waals surface area (Å²) in [6, 6.07) is 9.26. The Bertz CT molecular complexity index is 1350. The van der Waals surface area contributed by atoms with Crippen LogP contribution in [-0.4, -0.2) is 21.2 Å². The first-order valence-corrected chi connectivity index (χ1v) is 12.1. The van der Waals surface area contributed by atoms with Crippen molar-refractivity contribution in [3.8, 4) is 5.69 Å². The second-order valence-corrected chi connectivity index (χ2v) is 9.96. The molecule has 6 nitrogen and oxygen atoms in total. The Hall–Kier alpha value is -2.84. The Morgan fingerprint density at radius 3 is 2.69 bits per heavy atom. The van der Waals surface area contributed by atoms with Gasteiger partial charge in [-0.15, -0.1) is 11.3 Å². The molecule has 0 aliphatic rings. The monoisotopic (exact) mass is 467 g/mol. The lowest BCUT2D eigenvalue weighted by Gasteiger charge is -2.16. The molecule has 0 aliphatic carbocycles. The van der Waals surface area contributed by atoms with Crippen molar-refractivity contribution in [1.82, 2.24) is 14.9 Å². The first kappa shape index (κ1) is 22.4.